The van der Waals surface area contributed by atoms with Gasteiger partial charge in [-0.25, -0.2) is 0 Å². The lowest BCUT2D eigenvalue weighted by molar-refractivity contribution is -0.492. The summed E-state index contributed by atoms with van der Waals surface area (Å²) in [5.74, 6) is 1.18. The van der Waals surface area contributed by atoms with E-state index in [0.717, 1.165) is 6.67 Å². The van der Waals surface area contributed by atoms with Crippen molar-refractivity contribution in [3.63, 3.8) is 0 Å². The Hall–Kier alpha value is -0.570. The maximum absolute atomic E-state index is 2.96. The van der Waals surface area contributed by atoms with E-state index in [1.54, 1.807) is 0 Å². The van der Waals surface area contributed by atoms with Gasteiger partial charge < -0.3 is 0 Å². The van der Waals surface area contributed by atoms with Crippen LogP contribution >= 0.6 is 0 Å². The van der Waals surface area contributed by atoms with Gasteiger partial charge in [-0.2, -0.15) is 5.43 Å². The Kier molecular flexibility index (Phi) is 0.982. The Bertz CT molecular complexity index is 93.5. The van der Waals surface area contributed by atoms with Crippen LogP contribution in [0.25, 0.3) is 0 Å². The molecular formula is C4H10N3+. The maximum atomic E-state index is 2.96. The zero-order valence-corrected chi connectivity index (χ0v) is 4.65. The molecule has 7 heavy (non-hydrogen) atoms. The van der Waals surface area contributed by atoms with Crippen LogP contribution in [0, 0.1) is 0 Å². The minimum absolute atomic E-state index is 0.909. The monoisotopic (exact) mass is 100 g/mol. The second kappa shape index (κ2) is 1.50. The lowest BCUT2D eigenvalue weighted by Gasteiger charge is -1.82. The molecule has 0 aromatic rings. The molecule has 0 saturated heterocycles. The fourth-order valence-corrected chi connectivity index (χ4v) is 0.500. The molecule has 0 amide bonds. The molecule has 1 aliphatic heterocycles. The Morgan fingerprint density at radius 1 is 1.71 bits per heavy atom. The second-order valence-electron chi connectivity index (χ2n) is 1.74. The van der Waals surface area contributed by atoms with E-state index in [1.807, 2.05) is 14.0 Å². The van der Waals surface area contributed by atoms with Crippen molar-refractivity contribution in [3.05, 3.63) is 0 Å². The molecule has 0 fully saturated rings. The van der Waals surface area contributed by atoms with Crippen LogP contribution in [0.1, 0.15) is 6.92 Å². The molecule has 0 aliphatic carbocycles. The van der Waals surface area contributed by atoms with E-state index in [9.17, 15) is 0 Å². The first-order chi connectivity index (χ1) is 3.30. The third kappa shape index (κ3) is 0.718. The zero-order valence-electron chi connectivity index (χ0n) is 4.65. The molecule has 3 heteroatoms. The van der Waals surface area contributed by atoms with Gasteiger partial charge >= 0.3 is 0 Å². The van der Waals surface area contributed by atoms with Crippen molar-refractivity contribution < 1.29 is 4.58 Å². The van der Waals surface area contributed by atoms with E-state index in [1.165, 1.54) is 5.84 Å². The Morgan fingerprint density at radius 2 is 2.43 bits per heavy atom. The van der Waals surface area contributed by atoms with Crippen molar-refractivity contribution in [2.75, 3.05) is 13.7 Å². The van der Waals surface area contributed by atoms with Gasteiger partial charge in [-0.1, -0.05) is 0 Å². The minimum Gasteiger partial charge on any atom is -0.251 e. The van der Waals surface area contributed by atoms with Crippen molar-refractivity contribution in [2.24, 2.45) is 0 Å². The first kappa shape index (κ1) is 4.59. The Balaban J connectivity index is 2.64. The van der Waals surface area contributed by atoms with Crippen molar-refractivity contribution in [1.82, 2.24) is 10.9 Å². The first-order valence-corrected chi connectivity index (χ1v) is 2.34. The Labute approximate surface area is 43.0 Å². The van der Waals surface area contributed by atoms with Crippen LogP contribution in [0.4, 0.5) is 0 Å². The van der Waals surface area contributed by atoms with Gasteiger partial charge in [0.15, 0.2) is 6.67 Å². The first-order valence-electron chi connectivity index (χ1n) is 2.34. The van der Waals surface area contributed by atoms with Crippen LogP contribution in [0.3, 0.4) is 0 Å². The van der Waals surface area contributed by atoms with Crippen LogP contribution in [-0.4, -0.2) is 24.1 Å². The lowest BCUT2D eigenvalue weighted by Crippen LogP contribution is -2.27. The van der Waals surface area contributed by atoms with Crippen molar-refractivity contribution in [1.29, 1.82) is 0 Å². The molecule has 0 unspecified atom stereocenters. The van der Waals surface area contributed by atoms with Crippen molar-refractivity contribution >= 4 is 5.84 Å². The Morgan fingerprint density at radius 3 is 2.57 bits per heavy atom. The standard InChI is InChI=1S/C4H9N3/c1-4-6-5-3-7(4)2/h5H,3H2,1-2H3/p+1. The van der Waals surface area contributed by atoms with E-state index in [0.29, 0.717) is 0 Å². The lowest BCUT2D eigenvalue weighted by atomic mass is 10.7. The maximum Gasteiger partial charge on any atom is 0.260 e. The summed E-state index contributed by atoms with van der Waals surface area (Å²) in [6, 6.07) is 0. The summed E-state index contributed by atoms with van der Waals surface area (Å²) >= 11 is 0. The molecule has 1 aliphatic rings. The highest BCUT2D eigenvalue weighted by Crippen LogP contribution is 1.73. The molecule has 0 aromatic carbocycles. The van der Waals surface area contributed by atoms with Gasteiger partial charge in [-0.05, 0) is 0 Å². The average Bonchev–Trinajstić information content (AvgIpc) is 1.91. The van der Waals surface area contributed by atoms with E-state index in [2.05, 4.69) is 15.4 Å². The van der Waals surface area contributed by atoms with Gasteiger partial charge in [0.25, 0.3) is 5.84 Å². The predicted octanol–water partition coefficient (Wildman–Crippen LogP) is -0.888. The molecule has 0 aromatic heterocycles. The minimum atomic E-state index is 0.909. The summed E-state index contributed by atoms with van der Waals surface area (Å²) < 4.78 is 2.10. The van der Waals surface area contributed by atoms with Crippen molar-refractivity contribution in [3.8, 4) is 0 Å². The summed E-state index contributed by atoms with van der Waals surface area (Å²) in [7, 11) is 2.03. The molecule has 0 radical (unpaired) electrons. The second-order valence-corrected chi connectivity index (χ2v) is 1.74. The van der Waals surface area contributed by atoms with E-state index < -0.39 is 0 Å². The molecule has 2 N–H and O–H groups in total. The number of rotatable bonds is 0. The van der Waals surface area contributed by atoms with Crippen molar-refractivity contribution in [2.45, 2.75) is 6.92 Å². The molecule has 1 rings (SSSR count). The smallest absolute Gasteiger partial charge is 0.251 e. The molecule has 1 heterocycles. The molecule has 0 saturated carbocycles. The summed E-state index contributed by atoms with van der Waals surface area (Å²) in [6.07, 6.45) is 0. The fourth-order valence-electron chi connectivity index (χ4n) is 0.500. The number of hydrazine groups is 1. The fraction of sp³-hybridized carbons (Fsp3) is 0.750. The zero-order chi connectivity index (χ0) is 5.28. The van der Waals surface area contributed by atoms with Crippen LogP contribution in [0.2, 0.25) is 0 Å². The van der Waals surface area contributed by atoms with Crippen LogP contribution in [-0.2, 0) is 0 Å². The summed E-state index contributed by atoms with van der Waals surface area (Å²) in [5, 5.41) is 0. The molecule has 0 spiro atoms. The largest absolute Gasteiger partial charge is 0.260 e. The number of hydrogen-bond donors (Lipinski definition) is 2. The molecule has 40 valence electrons. The quantitative estimate of drug-likeness (QED) is 0.386. The molecule has 0 bridgehead atoms. The summed E-state index contributed by atoms with van der Waals surface area (Å²) in [6.45, 7) is 2.94. The van der Waals surface area contributed by atoms with Gasteiger partial charge in [0, 0.05) is 6.92 Å². The van der Waals surface area contributed by atoms with E-state index in [4.69, 9.17) is 0 Å². The average molecular weight is 100 g/mol. The number of amidine groups is 1. The van der Waals surface area contributed by atoms with Gasteiger partial charge in [-0.15, -0.1) is 5.43 Å². The van der Waals surface area contributed by atoms with Crippen LogP contribution < -0.4 is 10.9 Å². The van der Waals surface area contributed by atoms with Gasteiger partial charge in [0.05, 0.1) is 7.05 Å². The topological polar surface area (TPSA) is 27.1 Å². The predicted molar refractivity (Wildman–Crippen MR) is 28.0 cm³/mol. The van der Waals surface area contributed by atoms with Gasteiger partial charge in [0.2, 0.25) is 0 Å². The SMILES string of the molecule is CC1=[N+](C)CNN1. The summed E-state index contributed by atoms with van der Waals surface area (Å²) in [4.78, 5) is 0. The van der Waals surface area contributed by atoms with Gasteiger partial charge in [0.1, 0.15) is 0 Å². The highest BCUT2D eigenvalue weighted by molar-refractivity contribution is 5.74. The normalized spacial score (nSPS) is 20.3. The van der Waals surface area contributed by atoms with E-state index in [-0.39, 0.29) is 0 Å². The molecule has 3 nitrogen and oxygen atoms in total. The van der Waals surface area contributed by atoms with Crippen LogP contribution in [0.15, 0.2) is 0 Å². The highest BCUT2D eigenvalue weighted by Gasteiger charge is 2.08. The third-order valence-corrected chi connectivity index (χ3v) is 1.16. The molecular weight excluding hydrogens is 90.1 g/mol. The third-order valence-electron chi connectivity index (χ3n) is 1.16. The number of hydrogen-bond acceptors (Lipinski definition) is 2. The number of nitrogens with zero attached hydrogens (tertiary/aromatic N) is 1. The van der Waals surface area contributed by atoms with Crippen LogP contribution in [0.5, 0.6) is 0 Å². The van der Waals surface area contributed by atoms with E-state index >= 15 is 0 Å². The summed E-state index contributed by atoms with van der Waals surface area (Å²) in [5.41, 5.74) is 5.92. The number of nitrogens with one attached hydrogen (secondary N) is 2. The molecule has 0 atom stereocenters. The van der Waals surface area contributed by atoms with Gasteiger partial charge in [-0.3, -0.25) is 4.58 Å². The highest BCUT2D eigenvalue weighted by atomic mass is 15.5.